The third-order valence-electron chi connectivity index (χ3n) is 4.01. The van der Waals surface area contributed by atoms with Crippen LogP contribution >= 0.6 is 0 Å². The first kappa shape index (κ1) is 21.6. The Labute approximate surface area is 165 Å². The van der Waals surface area contributed by atoms with Crippen molar-refractivity contribution in [2.45, 2.75) is 38.3 Å². The summed E-state index contributed by atoms with van der Waals surface area (Å²) < 4.78 is 82.7. The fraction of sp³-hybridized carbons (Fsp3) is 0.353. The van der Waals surface area contributed by atoms with Crippen LogP contribution in [-0.2, 0) is 0 Å². The zero-order valence-electron chi connectivity index (χ0n) is 15.5. The number of nitrogens with one attached hydrogen (secondary N) is 1. The summed E-state index contributed by atoms with van der Waals surface area (Å²) in [6.07, 6.45) is -6.89. The number of fused-ring (bicyclic) bond motifs is 1. The van der Waals surface area contributed by atoms with Gasteiger partial charge in [-0.15, -0.1) is 13.2 Å². The van der Waals surface area contributed by atoms with Crippen LogP contribution in [-0.4, -0.2) is 36.7 Å². The maximum atomic E-state index is 14.6. The molecule has 7 nitrogen and oxygen atoms in total. The summed E-state index contributed by atoms with van der Waals surface area (Å²) in [5, 5.41) is 17.1. The minimum atomic E-state index is -5.01. The van der Waals surface area contributed by atoms with Crippen LogP contribution in [0.15, 0.2) is 30.6 Å². The lowest BCUT2D eigenvalue weighted by Crippen LogP contribution is -2.35. The Balaban J connectivity index is 2.03. The molecular weight excluding hydrogens is 420 g/mol. The lowest BCUT2D eigenvalue weighted by atomic mass is 9.91. The average Bonchev–Trinajstić information content (AvgIpc) is 3.06. The summed E-state index contributed by atoms with van der Waals surface area (Å²) in [5.74, 6) is -2.16. The number of hydrogen-bond donors (Lipinski definition) is 2. The van der Waals surface area contributed by atoms with Gasteiger partial charge in [0.1, 0.15) is 29.4 Å². The van der Waals surface area contributed by atoms with Crippen molar-refractivity contribution in [1.29, 1.82) is 0 Å². The number of halogens is 6. The largest absolute Gasteiger partial charge is 0.573 e. The number of alkyl halides is 5. The molecule has 0 aliphatic heterocycles. The highest BCUT2D eigenvalue weighted by Crippen LogP contribution is 2.34. The molecule has 0 aliphatic rings. The van der Waals surface area contributed by atoms with Gasteiger partial charge in [-0.1, -0.05) is 6.07 Å². The SMILES string of the molecule is CC(C)(O)[C@@H](Nc1cc(C(F)F)nc2ncnn12)c1ccc(OC(F)(F)F)cc1F. The molecule has 0 spiro atoms. The van der Waals surface area contributed by atoms with Crippen molar-refractivity contribution in [1.82, 2.24) is 19.6 Å². The summed E-state index contributed by atoms with van der Waals surface area (Å²) >= 11 is 0. The number of nitrogens with zero attached hydrogens (tertiary/aromatic N) is 4. The molecule has 0 saturated carbocycles. The van der Waals surface area contributed by atoms with E-state index in [4.69, 9.17) is 0 Å². The van der Waals surface area contributed by atoms with E-state index >= 15 is 0 Å². The molecule has 0 bridgehead atoms. The van der Waals surface area contributed by atoms with Crippen LogP contribution in [0.5, 0.6) is 5.75 Å². The normalized spacial score (nSPS) is 13.7. The van der Waals surface area contributed by atoms with Gasteiger partial charge in [-0.3, -0.25) is 0 Å². The molecule has 3 aromatic rings. The first-order valence-electron chi connectivity index (χ1n) is 8.38. The molecule has 2 heterocycles. The minimum Gasteiger partial charge on any atom is -0.406 e. The van der Waals surface area contributed by atoms with Crippen LogP contribution in [0.1, 0.15) is 37.6 Å². The molecule has 0 radical (unpaired) electrons. The molecular formula is C17H15F6N5O2. The van der Waals surface area contributed by atoms with Crippen LogP contribution in [0.25, 0.3) is 5.78 Å². The number of ether oxygens (including phenoxy) is 1. The highest BCUT2D eigenvalue weighted by Gasteiger charge is 2.34. The Bertz CT molecular complexity index is 1050. The second-order valence-corrected chi connectivity index (χ2v) is 6.80. The number of hydrogen-bond acceptors (Lipinski definition) is 6. The Hall–Kier alpha value is -3.09. The maximum Gasteiger partial charge on any atom is 0.573 e. The third kappa shape index (κ3) is 4.72. The zero-order chi connectivity index (χ0) is 22.3. The van der Waals surface area contributed by atoms with Gasteiger partial charge in [-0.2, -0.15) is 14.6 Å². The highest BCUT2D eigenvalue weighted by molar-refractivity contribution is 5.48. The summed E-state index contributed by atoms with van der Waals surface area (Å²) in [5.41, 5.74) is -2.56. The van der Waals surface area contributed by atoms with E-state index < -0.39 is 41.7 Å². The monoisotopic (exact) mass is 435 g/mol. The van der Waals surface area contributed by atoms with Crippen LogP contribution < -0.4 is 10.1 Å². The fourth-order valence-corrected chi connectivity index (χ4v) is 2.77. The van der Waals surface area contributed by atoms with Gasteiger partial charge < -0.3 is 15.2 Å². The van der Waals surface area contributed by atoms with Gasteiger partial charge in [0.15, 0.2) is 0 Å². The molecule has 0 fully saturated rings. The van der Waals surface area contributed by atoms with E-state index in [0.717, 1.165) is 29.0 Å². The quantitative estimate of drug-likeness (QED) is 0.569. The Kier molecular flexibility index (Phi) is 5.50. The van der Waals surface area contributed by atoms with Crippen molar-refractivity contribution in [3.63, 3.8) is 0 Å². The number of aromatic nitrogens is 4. The lowest BCUT2D eigenvalue weighted by Gasteiger charge is -2.32. The van der Waals surface area contributed by atoms with E-state index in [-0.39, 0.29) is 17.2 Å². The topological polar surface area (TPSA) is 84.6 Å². The van der Waals surface area contributed by atoms with Crippen LogP contribution in [0.3, 0.4) is 0 Å². The first-order valence-corrected chi connectivity index (χ1v) is 8.38. The van der Waals surface area contributed by atoms with Gasteiger partial charge in [-0.25, -0.2) is 18.2 Å². The Morgan fingerprint density at radius 3 is 2.43 bits per heavy atom. The van der Waals surface area contributed by atoms with Crippen molar-refractivity contribution in [2.75, 3.05) is 5.32 Å². The molecule has 2 aromatic heterocycles. The van der Waals surface area contributed by atoms with Gasteiger partial charge in [0.2, 0.25) is 0 Å². The molecule has 162 valence electrons. The molecule has 0 saturated heterocycles. The molecule has 1 aromatic carbocycles. The van der Waals surface area contributed by atoms with E-state index in [9.17, 15) is 31.4 Å². The Morgan fingerprint density at radius 1 is 1.17 bits per heavy atom. The molecule has 1 atom stereocenters. The predicted octanol–water partition coefficient (Wildman–Crippen LogP) is 4.02. The maximum absolute atomic E-state index is 14.6. The smallest absolute Gasteiger partial charge is 0.406 e. The van der Waals surface area contributed by atoms with Crippen LogP contribution in [0, 0.1) is 5.82 Å². The van der Waals surface area contributed by atoms with Gasteiger partial charge in [0, 0.05) is 17.7 Å². The van der Waals surface area contributed by atoms with E-state index in [2.05, 4.69) is 25.1 Å². The summed E-state index contributed by atoms with van der Waals surface area (Å²) in [4.78, 5) is 7.38. The zero-order valence-corrected chi connectivity index (χ0v) is 15.5. The van der Waals surface area contributed by atoms with Crippen molar-refractivity contribution in [3.05, 3.63) is 47.7 Å². The molecule has 13 heteroatoms. The number of anilines is 1. The molecule has 30 heavy (non-hydrogen) atoms. The van der Waals surface area contributed by atoms with Crippen molar-refractivity contribution >= 4 is 11.6 Å². The molecule has 0 amide bonds. The van der Waals surface area contributed by atoms with Crippen molar-refractivity contribution in [2.24, 2.45) is 0 Å². The second-order valence-electron chi connectivity index (χ2n) is 6.80. The van der Waals surface area contributed by atoms with E-state index in [1.807, 2.05) is 0 Å². The summed E-state index contributed by atoms with van der Waals surface area (Å²) in [6, 6.07) is 2.03. The van der Waals surface area contributed by atoms with Crippen molar-refractivity contribution < 1.29 is 36.2 Å². The lowest BCUT2D eigenvalue weighted by molar-refractivity contribution is -0.274. The summed E-state index contributed by atoms with van der Waals surface area (Å²) in [6.45, 7) is 2.61. The van der Waals surface area contributed by atoms with E-state index in [0.29, 0.717) is 6.07 Å². The fourth-order valence-electron chi connectivity index (χ4n) is 2.77. The number of aliphatic hydroxyl groups is 1. The molecule has 2 N–H and O–H groups in total. The predicted molar refractivity (Wildman–Crippen MR) is 91.5 cm³/mol. The van der Waals surface area contributed by atoms with Crippen LogP contribution in [0.4, 0.5) is 32.2 Å². The standard InChI is InChI=1S/C17H15F6N5O2/c1-16(2,29)13(9-4-3-8(5-10(9)18)30-17(21,22)23)27-12-6-11(14(19)20)26-15-24-7-25-28(12)15/h3-7,13-14,27,29H,1-2H3/t13-/m0/s1. The summed E-state index contributed by atoms with van der Waals surface area (Å²) in [7, 11) is 0. The number of benzene rings is 1. The second kappa shape index (κ2) is 7.63. The van der Waals surface area contributed by atoms with E-state index in [1.165, 1.54) is 13.8 Å². The van der Waals surface area contributed by atoms with Gasteiger partial charge in [-0.05, 0) is 19.9 Å². The third-order valence-corrected chi connectivity index (χ3v) is 4.01. The first-order chi connectivity index (χ1) is 13.8. The van der Waals surface area contributed by atoms with Gasteiger partial charge in [0.05, 0.1) is 11.6 Å². The highest BCUT2D eigenvalue weighted by atomic mass is 19.4. The number of rotatable bonds is 6. The minimum absolute atomic E-state index is 0.0880. The molecule has 0 aliphatic carbocycles. The molecule has 0 unspecified atom stereocenters. The average molecular weight is 435 g/mol. The van der Waals surface area contributed by atoms with Crippen LogP contribution in [0.2, 0.25) is 0 Å². The van der Waals surface area contributed by atoms with Gasteiger partial charge >= 0.3 is 6.36 Å². The Morgan fingerprint density at radius 2 is 1.87 bits per heavy atom. The van der Waals surface area contributed by atoms with Crippen molar-refractivity contribution in [3.8, 4) is 5.75 Å². The van der Waals surface area contributed by atoms with Gasteiger partial charge in [0.25, 0.3) is 12.2 Å². The van der Waals surface area contributed by atoms with E-state index in [1.54, 1.807) is 0 Å². The molecule has 3 rings (SSSR count).